The fourth-order valence-electron chi connectivity index (χ4n) is 3.09. The first-order chi connectivity index (χ1) is 10.9. The predicted octanol–water partition coefficient (Wildman–Crippen LogP) is 3.02. The van der Waals surface area contributed by atoms with Gasteiger partial charge in [0.1, 0.15) is 12.4 Å². The lowest BCUT2D eigenvalue weighted by molar-refractivity contribution is -0.143. The number of halogens is 3. The van der Waals surface area contributed by atoms with Crippen LogP contribution in [0.1, 0.15) is 48.8 Å². The number of aromatic nitrogens is 5. The van der Waals surface area contributed by atoms with Crippen LogP contribution in [0, 0.1) is 0 Å². The number of nitrogens with zero attached hydrogens (tertiary/aromatic N) is 5. The molecule has 2 aromatic rings. The zero-order valence-corrected chi connectivity index (χ0v) is 13.1. The van der Waals surface area contributed by atoms with Crippen LogP contribution in [0.4, 0.5) is 13.2 Å². The van der Waals surface area contributed by atoms with Gasteiger partial charge in [-0.3, -0.25) is 4.68 Å². The van der Waals surface area contributed by atoms with Crippen LogP contribution in [-0.4, -0.2) is 30.7 Å². The molecule has 0 radical (unpaired) electrons. The molecular weight excluding hydrogens is 307 g/mol. The summed E-state index contributed by atoms with van der Waals surface area (Å²) in [6, 6.07) is 0. The minimum Gasteiger partial charge on any atom is -0.276 e. The number of hydrogen-bond donors (Lipinski definition) is 0. The first-order valence-corrected chi connectivity index (χ1v) is 7.88. The van der Waals surface area contributed by atoms with Crippen LogP contribution in [0.2, 0.25) is 0 Å². The van der Waals surface area contributed by atoms with E-state index in [-0.39, 0.29) is 5.92 Å². The van der Waals surface area contributed by atoms with Crippen LogP contribution in [-0.2, 0) is 26.4 Å². The lowest BCUT2D eigenvalue weighted by atomic mass is 10.1. The standard InChI is InChI=1S/C15H20F3N5/c1-22-9-11(8-19-22)6-7-13-20-14(12-4-2-3-5-12)21-23(13)10-15(16,17)18/h8-9,12H,2-7,10H2,1H3. The molecule has 1 aliphatic rings. The number of alkyl halides is 3. The molecule has 0 atom stereocenters. The van der Waals surface area contributed by atoms with Gasteiger partial charge in [-0.25, -0.2) is 9.67 Å². The molecule has 0 bridgehead atoms. The highest BCUT2D eigenvalue weighted by Crippen LogP contribution is 2.32. The molecule has 126 valence electrons. The zero-order valence-electron chi connectivity index (χ0n) is 13.1. The van der Waals surface area contributed by atoms with Crippen molar-refractivity contribution in [2.45, 2.75) is 57.2 Å². The summed E-state index contributed by atoms with van der Waals surface area (Å²) in [6.45, 7) is -1.07. The van der Waals surface area contributed by atoms with E-state index >= 15 is 0 Å². The summed E-state index contributed by atoms with van der Waals surface area (Å²) in [5.74, 6) is 1.20. The van der Waals surface area contributed by atoms with Crippen molar-refractivity contribution in [1.82, 2.24) is 24.5 Å². The molecule has 0 aromatic carbocycles. The fourth-order valence-corrected chi connectivity index (χ4v) is 3.09. The smallest absolute Gasteiger partial charge is 0.276 e. The third-order valence-electron chi connectivity index (χ3n) is 4.21. The molecule has 1 saturated carbocycles. The van der Waals surface area contributed by atoms with E-state index in [1.807, 2.05) is 13.2 Å². The quantitative estimate of drug-likeness (QED) is 0.848. The number of hydrogen-bond acceptors (Lipinski definition) is 3. The van der Waals surface area contributed by atoms with E-state index in [0.29, 0.717) is 24.5 Å². The Bertz CT molecular complexity index is 652. The van der Waals surface area contributed by atoms with Gasteiger partial charge in [0, 0.05) is 25.6 Å². The summed E-state index contributed by atoms with van der Waals surface area (Å²) < 4.78 is 41.0. The molecular formula is C15H20F3N5. The van der Waals surface area contributed by atoms with E-state index < -0.39 is 12.7 Å². The van der Waals surface area contributed by atoms with Gasteiger partial charge in [-0.05, 0) is 24.8 Å². The van der Waals surface area contributed by atoms with Crippen molar-refractivity contribution in [2.75, 3.05) is 0 Å². The Morgan fingerprint density at radius 2 is 1.96 bits per heavy atom. The molecule has 0 spiro atoms. The summed E-state index contributed by atoms with van der Waals surface area (Å²) in [5.41, 5.74) is 0.983. The maximum Gasteiger partial charge on any atom is 0.408 e. The van der Waals surface area contributed by atoms with Gasteiger partial charge in [0.2, 0.25) is 0 Å². The van der Waals surface area contributed by atoms with Crippen molar-refractivity contribution in [3.05, 3.63) is 29.6 Å². The van der Waals surface area contributed by atoms with Gasteiger partial charge in [0.05, 0.1) is 6.20 Å². The summed E-state index contributed by atoms with van der Waals surface area (Å²) in [4.78, 5) is 4.42. The molecule has 8 heteroatoms. The van der Waals surface area contributed by atoms with E-state index in [1.54, 1.807) is 10.9 Å². The molecule has 1 fully saturated rings. The van der Waals surface area contributed by atoms with Gasteiger partial charge in [0.25, 0.3) is 0 Å². The van der Waals surface area contributed by atoms with E-state index in [1.165, 1.54) is 0 Å². The SMILES string of the molecule is Cn1cc(CCc2nc(C3CCCC3)nn2CC(F)(F)F)cn1. The average Bonchev–Trinajstić information content (AvgIpc) is 3.15. The van der Waals surface area contributed by atoms with E-state index in [9.17, 15) is 13.2 Å². The average molecular weight is 327 g/mol. The first-order valence-electron chi connectivity index (χ1n) is 7.88. The fraction of sp³-hybridized carbons (Fsp3) is 0.667. The molecule has 1 aliphatic carbocycles. The molecule has 5 nitrogen and oxygen atoms in total. The molecule has 2 aromatic heterocycles. The highest BCUT2D eigenvalue weighted by atomic mass is 19.4. The number of rotatable bonds is 5. The second-order valence-corrected chi connectivity index (χ2v) is 6.16. The predicted molar refractivity (Wildman–Crippen MR) is 77.9 cm³/mol. The van der Waals surface area contributed by atoms with Gasteiger partial charge in [0.15, 0.2) is 5.82 Å². The van der Waals surface area contributed by atoms with Crippen LogP contribution in [0.5, 0.6) is 0 Å². The summed E-state index contributed by atoms with van der Waals surface area (Å²) in [7, 11) is 1.81. The van der Waals surface area contributed by atoms with Crippen molar-refractivity contribution in [3.8, 4) is 0 Å². The Morgan fingerprint density at radius 1 is 1.22 bits per heavy atom. The maximum atomic E-state index is 12.8. The van der Waals surface area contributed by atoms with E-state index in [2.05, 4.69) is 15.2 Å². The highest BCUT2D eigenvalue weighted by Gasteiger charge is 2.31. The van der Waals surface area contributed by atoms with Crippen molar-refractivity contribution < 1.29 is 13.2 Å². The lowest BCUT2D eigenvalue weighted by Crippen LogP contribution is -2.21. The van der Waals surface area contributed by atoms with E-state index in [4.69, 9.17) is 0 Å². The van der Waals surface area contributed by atoms with Crippen LogP contribution in [0.3, 0.4) is 0 Å². The van der Waals surface area contributed by atoms with Crippen molar-refractivity contribution in [1.29, 1.82) is 0 Å². The van der Waals surface area contributed by atoms with Crippen molar-refractivity contribution >= 4 is 0 Å². The summed E-state index contributed by atoms with van der Waals surface area (Å²) in [5, 5.41) is 8.23. The summed E-state index contributed by atoms with van der Waals surface area (Å²) in [6.07, 6.45) is 4.48. The van der Waals surface area contributed by atoms with Gasteiger partial charge < -0.3 is 0 Å². The molecule has 0 aliphatic heterocycles. The third kappa shape index (κ3) is 4.11. The van der Waals surface area contributed by atoms with Crippen LogP contribution >= 0.6 is 0 Å². The Labute approximate surface area is 132 Å². The molecule has 23 heavy (non-hydrogen) atoms. The van der Waals surface area contributed by atoms with Crippen LogP contribution < -0.4 is 0 Å². The molecule has 2 heterocycles. The third-order valence-corrected chi connectivity index (χ3v) is 4.21. The molecule has 0 saturated heterocycles. The second kappa shape index (κ2) is 6.33. The normalized spacial score (nSPS) is 16.3. The van der Waals surface area contributed by atoms with E-state index in [0.717, 1.165) is 35.9 Å². The molecule has 3 rings (SSSR count). The maximum absolute atomic E-state index is 12.8. The Balaban J connectivity index is 1.77. The first kappa shape index (κ1) is 16.0. The van der Waals surface area contributed by atoms with Gasteiger partial charge >= 0.3 is 6.18 Å². The minimum atomic E-state index is -4.29. The Morgan fingerprint density at radius 3 is 2.57 bits per heavy atom. The molecule has 0 N–H and O–H groups in total. The van der Waals surface area contributed by atoms with Crippen LogP contribution in [0.15, 0.2) is 12.4 Å². The Kier molecular flexibility index (Phi) is 4.41. The zero-order chi connectivity index (χ0) is 16.4. The van der Waals surface area contributed by atoms with Gasteiger partial charge in [-0.2, -0.15) is 23.4 Å². The van der Waals surface area contributed by atoms with Gasteiger partial charge in [-0.15, -0.1) is 0 Å². The largest absolute Gasteiger partial charge is 0.408 e. The Hall–Kier alpha value is -1.86. The molecule has 0 amide bonds. The topological polar surface area (TPSA) is 48.5 Å². The van der Waals surface area contributed by atoms with Gasteiger partial charge in [-0.1, -0.05) is 12.8 Å². The van der Waals surface area contributed by atoms with Crippen LogP contribution in [0.25, 0.3) is 0 Å². The van der Waals surface area contributed by atoms with Crippen molar-refractivity contribution in [2.24, 2.45) is 7.05 Å². The van der Waals surface area contributed by atoms with Crippen molar-refractivity contribution in [3.63, 3.8) is 0 Å². The number of aryl methyl sites for hydroxylation is 3. The highest BCUT2D eigenvalue weighted by molar-refractivity contribution is 5.08. The second-order valence-electron chi connectivity index (χ2n) is 6.16. The molecule has 0 unspecified atom stereocenters. The summed E-state index contributed by atoms with van der Waals surface area (Å²) >= 11 is 0. The minimum absolute atomic E-state index is 0.210. The monoisotopic (exact) mass is 327 g/mol. The lowest BCUT2D eigenvalue weighted by Gasteiger charge is -2.08.